The number of aldehydes is 1. The first-order valence-electron chi connectivity index (χ1n) is 13.5. The number of aryl methyl sites for hydroxylation is 2. The maximum Gasteiger partial charge on any atom is 0.322 e. The van der Waals surface area contributed by atoms with Crippen molar-refractivity contribution in [2.75, 3.05) is 24.2 Å². The lowest BCUT2D eigenvalue weighted by Crippen LogP contribution is -2.18. The van der Waals surface area contributed by atoms with Gasteiger partial charge in [0.25, 0.3) is 0 Å². The van der Waals surface area contributed by atoms with E-state index >= 15 is 0 Å². The summed E-state index contributed by atoms with van der Waals surface area (Å²) in [5.41, 5.74) is 13.4. The molecule has 3 aromatic heterocycles. The van der Waals surface area contributed by atoms with Crippen LogP contribution in [-0.4, -0.2) is 44.4 Å². The molecule has 9 heteroatoms. The first-order chi connectivity index (χ1) is 19.9. The summed E-state index contributed by atoms with van der Waals surface area (Å²) in [6.07, 6.45) is 4.57. The van der Waals surface area contributed by atoms with Crippen LogP contribution in [0.2, 0.25) is 0 Å². The third kappa shape index (κ3) is 6.24. The van der Waals surface area contributed by atoms with Gasteiger partial charge in [0.1, 0.15) is 29.8 Å². The highest BCUT2D eigenvalue weighted by molar-refractivity contribution is 6.07. The van der Waals surface area contributed by atoms with Crippen LogP contribution in [0.25, 0.3) is 33.4 Å². The van der Waals surface area contributed by atoms with Crippen molar-refractivity contribution < 1.29 is 9.53 Å². The topological polar surface area (TPSA) is 112 Å². The van der Waals surface area contributed by atoms with Crippen LogP contribution in [0.15, 0.2) is 79.3 Å². The Morgan fingerprint density at radius 1 is 1.02 bits per heavy atom. The Balaban J connectivity index is 0.00000189. The lowest BCUT2D eigenvalue weighted by Gasteiger charge is -2.19. The lowest BCUT2D eigenvalue weighted by molar-refractivity contribution is -0.105. The van der Waals surface area contributed by atoms with E-state index in [1.165, 1.54) is 6.33 Å². The van der Waals surface area contributed by atoms with Crippen molar-refractivity contribution in [1.82, 2.24) is 24.5 Å². The standard InChI is InChI=1S/C30H29N7O2.C2H6/c1-19(17-38)14-16-36(3)23-9-5-22(6-10-23)27-25(26-28(31)33-18-34-29(26)37(27)4)21-7-11-24(12-8-21)39-30-32-15-13-20(2)35-30;1-2/h5-13,15,17-18H,1,14,16H2,2-4H3,(H2,31,33,34);1-2H3. The van der Waals surface area contributed by atoms with Crippen molar-refractivity contribution in [2.24, 2.45) is 7.05 Å². The summed E-state index contributed by atoms with van der Waals surface area (Å²) >= 11 is 0. The van der Waals surface area contributed by atoms with E-state index in [1.807, 2.05) is 69.8 Å². The van der Waals surface area contributed by atoms with Crippen LogP contribution in [-0.2, 0) is 11.8 Å². The number of nitrogens with zero attached hydrogens (tertiary/aromatic N) is 6. The molecule has 0 fully saturated rings. The number of anilines is 2. The molecule has 9 nitrogen and oxygen atoms in total. The number of carbonyl (C=O) groups is 1. The Kier molecular flexibility index (Phi) is 9.08. The zero-order valence-electron chi connectivity index (χ0n) is 24.1. The molecule has 0 aliphatic carbocycles. The number of hydrogen-bond donors (Lipinski definition) is 1. The number of aromatic nitrogens is 5. The predicted octanol–water partition coefficient (Wildman–Crippen LogP) is 6.38. The van der Waals surface area contributed by atoms with Gasteiger partial charge in [-0.05, 0) is 60.4 Å². The maximum absolute atomic E-state index is 10.9. The summed E-state index contributed by atoms with van der Waals surface area (Å²) in [5.74, 6) is 1.04. The molecule has 0 spiro atoms. The van der Waals surface area contributed by atoms with Crippen LogP contribution in [0.5, 0.6) is 11.8 Å². The van der Waals surface area contributed by atoms with Gasteiger partial charge in [-0.1, -0.05) is 44.7 Å². The minimum absolute atomic E-state index is 0.298. The second-order valence-electron chi connectivity index (χ2n) is 9.34. The number of nitrogens with two attached hydrogens (primary N) is 1. The van der Waals surface area contributed by atoms with Gasteiger partial charge < -0.3 is 19.9 Å². The molecule has 41 heavy (non-hydrogen) atoms. The van der Waals surface area contributed by atoms with Gasteiger partial charge in [0.05, 0.1) is 11.1 Å². The molecule has 0 amide bonds. The molecule has 3 heterocycles. The molecular weight excluding hydrogens is 514 g/mol. The molecule has 0 bridgehead atoms. The van der Waals surface area contributed by atoms with Gasteiger partial charge in [-0.15, -0.1) is 0 Å². The molecule has 2 N–H and O–H groups in total. The fourth-order valence-electron chi connectivity index (χ4n) is 4.54. The van der Waals surface area contributed by atoms with Crippen molar-refractivity contribution in [3.8, 4) is 34.1 Å². The fraction of sp³-hybridized carbons (Fsp3) is 0.219. The van der Waals surface area contributed by atoms with Gasteiger partial charge in [-0.3, -0.25) is 4.79 Å². The average Bonchev–Trinajstić information content (AvgIpc) is 3.30. The number of rotatable bonds is 9. The summed E-state index contributed by atoms with van der Waals surface area (Å²) in [4.78, 5) is 30.3. The molecule has 210 valence electrons. The van der Waals surface area contributed by atoms with E-state index in [9.17, 15) is 4.79 Å². The van der Waals surface area contributed by atoms with E-state index < -0.39 is 0 Å². The molecule has 0 saturated heterocycles. The zero-order valence-corrected chi connectivity index (χ0v) is 24.1. The minimum atomic E-state index is 0.298. The highest BCUT2D eigenvalue weighted by Crippen LogP contribution is 2.42. The van der Waals surface area contributed by atoms with Gasteiger partial charge in [-0.25, -0.2) is 19.9 Å². The lowest BCUT2D eigenvalue weighted by atomic mass is 9.98. The van der Waals surface area contributed by atoms with Gasteiger partial charge >= 0.3 is 6.01 Å². The first-order valence-corrected chi connectivity index (χ1v) is 13.5. The van der Waals surface area contributed by atoms with Gasteiger partial charge in [0, 0.05) is 43.8 Å². The number of hydrogen-bond acceptors (Lipinski definition) is 8. The first kappa shape index (κ1) is 28.9. The number of fused-ring (bicyclic) bond motifs is 1. The fourth-order valence-corrected chi connectivity index (χ4v) is 4.54. The summed E-state index contributed by atoms with van der Waals surface area (Å²) in [6.45, 7) is 10.4. The van der Waals surface area contributed by atoms with Crippen molar-refractivity contribution >= 4 is 28.8 Å². The molecule has 0 aliphatic rings. The highest BCUT2D eigenvalue weighted by Gasteiger charge is 2.22. The summed E-state index contributed by atoms with van der Waals surface area (Å²) in [6, 6.07) is 18.1. The average molecular weight is 550 g/mol. The Hall–Kier alpha value is -5.05. The molecule has 0 radical (unpaired) electrons. The number of benzene rings is 2. The second kappa shape index (κ2) is 12.9. The second-order valence-corrected chi connectivity index (χ2v) is 9.34. The highest BCUT2D eigenvalue weighted by atomic mass is 16.5. The van der Waals surface area contributed by atoms with Crippen LogP contribution >= 0.6 is 0 Å². The summed E-state index contributed by atoms with van der Waals surface area (Å²) < 4.78 is 7.89. The smallest absolute Gasteiger partial charge is 0.322 e. The zero-order chi connectivity index (χ0) is 29.5. The third-order valence-corrected chi connectivity index (χ3v) is 6.64. The van der Waals surface area contributed by atoms with E-state index in [2.05, 4.69) is 55.7 Å². The van der Waals surface area contributed by atoms with Crippen molar-refractivity contribution in [3.05, 3.63) is 85.0 Å². The Labute approximate surface area is 240 Å². The molecule has 5 aromatic rings. The van der Waals surface area contributed by atoms with E-state index in [0.717, 1.165) is 51.1 Å². The molecule has 0 aliphatic heterocycles. The molecule has 0 atom stereocenters. The predicted molar refractivity (Wildman–Crippen MR) is 165 cm³/mol. The van der Waals surface area contributed by atoms with Crippen molar-refractivity contribution in [3.63, 3.8) is 0 Å². The SMILES string of the molecule is C=C(C=O)CCN(C)c1ccc(-c2c(-c3ccc(Oc4nccc(C)n4)cc3)c3c(N)ncnc3n2C)cc1.CC. The number of ether oxygens (including phenoxy) is 1. The molecule has 0 saturated carbocycles. The minimum Gasteiger partial charge on any atom is -0.424 e. The number of nitrogen functional groups attached to an aromatic ring is 1. The molecule has 5 rings (SSSR count). The van der Waals surface area contributed by atoms with Crippen LogP contribution in [0.1, 0.15) is 26.0 Å². The van der Waals surface area contributed by atoms with Gasteiger partial charge in [-0.2, -0.15) is 0 Å². The van der Waals surface area contributed by atoms with Crippen molar-refractivity contribution in [2.45, 2.75) is 27.2 Å². The molecule has 0 unspecified atom stereocenters. The third-order valence-electron chi connectivity index (χ3n) is 6.64. The Bertz CT molecular complexity index is 1660. The van der Waals surface area contributed by atoms with Crippen LogP contribution in [0.4, 0.5) is 11.5 Å². The van der Waals surface area contributed by atoms with Crippen LogP contribution in [0.3, 0.4) is 0 Å². The van der Waals surface area contributed by atoms with Crippen LogP contribution in [0, 0.1) is 6.92 Å². The number of carbonyl (C=O) groups excluding carboxylic acids is 1. The molecule has 2 aromatic carbocycles. The van der Waals surface area contributed by atoms with E-state index in [4.69, 9.17) is 10.5 Å². The Morgan fingerprint density at radius 2 is 1.71 bits per heavy atom. The van der Waals surface area contributed by atoms with Gasteiger partial charge in [0.2, 0.25) is 0 Å². The molecular formula is C32H35N7O2. The summed E-state index contributed by atoms with van der Waals surface area (Å²) in [5, 5.41) is 0.791. The maximum atomic E-state index is 10.9. The quantitative estimate of drug-likeness (QED) is 0.166. The Morgan fingerprint density at radius 3 is 2.37 bits per heavy atom. The van der Waals surface area contributed by atoms with E-state index in [0.29, 0.717) is 36.1 Å². The summed E-state index contributed by atoms with van der Waals surface area (Å²) in [7, 11) is 3.97. The monoisotopic (exact) mass is 549 g/mol. The van der Waals surface area contributed by atoms with E-state index in [-0.39, 0.29) is 0 Å². The largest absolute Gasteiger partial charge is 0.424 e. The van der Waals surface area contributed by atoms with Gasteiger partial charge in [0.15, 0.2) is 0 Å². The van der Waals surface area contributed by atoms with E-state index in [1.54, 1.807) is 6.20 Å². The normalized spacial score (nSPS) is 10.6. The van der Waals surface area contributed by atoms with Crippen molar-refractivity contribution in [1.29, 1.82) is 0 Å². The van der Waals surface area contributed by atoms with Crippen LogP contribution < -0.4 is 15.4 Å².